The van der Waals surface area contributed by atoms with E-state index in [1.54, 1.807) is 21.9 Å². The number of hydrogen-bond acceptors (Lipinski definition) is 5. The van der Waals surface area contributed by atoms with Crippen LogP contribution in [0.5, 0.6) is 0 Å². The van der Waals surface area contributed by atoms with Crippen molar-refractivity contribution in [1.29, 1.82) is 0 Å². The van der Waals surface area contributed by atoms with Crippen LogP contribution in [0, 0.1) is 13.8 Å². The SMILES string of the molecule is COC(=O)N1CCN(C(=O)c2ccc3nc(C)c(C)nc3c2)CC1. The number of methoxy groups -OCH3 is 1. The Morgan fingerprint density at radius 1 is 0.958 bits per heavy atom. The fraction of sp³-hybridized carbons (Fsp3) is 0.412. The second kappa shape index (κ2) is 6.43. The number of aromatic nitrogens is 2. The largest absolute Gasteiger partial charge is 0.453 e. The summed E-state index contributed by atoms with van der Waals surface area (Å²) in [7, 11) is 1.36. The molecule has 2 heterocycles. The van der Waals surface area contributed by atoms with Crippen LogP contribution in [0.25, 0.3) is 11.0 Å². The smallest absolute Gasteiger partial charge is 0.409 e. The standard InChI is InChI=1S/C17H20N4O3/c1-11-12(2)19-15-10-13(4-5-14(15)18-11)16(22)20-6-8-21(9-7-20)17(23)24-3/h4-5,10H,6-9H2,1-3H3. The van der Waals surface area contributed by atoms with Crippen LogP contribution >= 0.6 is 0 Å². The Labute approximate surface area is 140 Å². The van der Waals surface area contributed by atoms with Crippen LogP contribution in [-0.4, -0.2) is 65.1 Å². The molecule has 126 valence electrons. The van der Waals surface area contributed by atoms with Gasteiger partial charge in [-0.1, -0.05) is 0 Å². The minimum absolute atomic E-state index is 0.0542. The molecule has 0 N–H and O–H groups in total. The Bertz CT molecular complexity index is 798. The van der Waals surface area contributed by atoms with Crippen LogP contribution in [0.15, 0.2) is 18.2 Å². The molecule has 1 aromatic heterocycles. The average molecular weight is 328 g/mol. The van der Waals surface area contributed by atoms with Gasteiger partial charge in [-0.25, -0.2) is 14.8 Å². The monoisotopic (exact) mass is 328 g/mol. The van der Waals surface area contributed by atoms with Crippen LogP contribution in [0.3, 0.4) is 0 Å². The first-order valence-corrected chi connectivity index (χ1v) is 7.87. The summed E-state index contributed by atoms with van der Waals surface area (Å²) in [5.41, 5.74) is 3.84. The van der Waals surface area contributed by atoms with Crippen molar-refractivity contribution in [3.05, 3.63) is 35.2 Å². The minimum atomic E-state index is -0.353. The molecule has 1 fully saturated rings. The molecular weight excluding hydrogens is 308 g/mol. The van der Waals surface area contributed by atoms with Crippen LogP contribution < -0.4 is 0 Å². The number of carbonyl (C=O) groups is 2. The van der Waals surface area contributed by atoms with E-state index in [4.69, 9.17) is 4.74 Å². The van der Waals surface area contributed by atoms with Crippen LogP contribution in [0.4, 0.5) is 4.79 Å². The number of hydrogen-bond donors (Lipinski definition) is 0. The predicted molar refractivity (Wildman–Crippen MR) is 88.9 cm³/mol. The molecule has 0 atom stereocenters. The van der Waals surface area contributed by atoms with E-state index in [1.807, 2.05) is 19.9 Å². The topological polar surface area (TPSA) is 75.6 Å². The van der Waals surface area contributed by atoms with E-state index in [1.165, 1.54) is 7.11 Å². The summed E-state index contributed by atoms with van der Waals surface area (Å²) in [5.74, 6) is -0.0542. The van der Waals surface area contributed by atoms with Crippen molar-refractivity contribution in [3.8, 4) is 0 Å². The third kappa shape index (κ3) is 3.02. The molecule has 24 heavy (non-hydrogen) atoms. The maximum atomic E-state index is 12.7. The highest BCUT2D eigenvalue weighted by atomic mass is 16.5. The maximum Gasteiger partial charge on any atom is 0.409 e. The lowest BCUT2D eigenvalue weighted by Crippen LogP contribution is -2.50. The number of amides is 2. The average Bonchev–Trinajstić information content (AvgIpc) is 2.61. The molecule has 7 heteroatoms. The zero-order chi connectivity index (χ0) is 17.3. The van der Waals surface area contributed by atoms with Crippen molar-refractivity contribution < 1.29 is 14.3 Å². The molecule has 0 radical (unpaired) electrons. The number of aryl methyl sites for hydroxylation is 2. The van der Waals surface area contributed by atoms with Gasteiger partial charge in [0.2, 0.25) is 0 Å². The highest BCUT2D eigenvalue weighted by molar-refractivity contribution is 5.97. The zero-order valence-electron chi connectivity index (χ0n) is 14.1. The third-order valence-corrected chi connectivity index (χ3v) is 4.32. The van der Waals surface area contributed by atoms with Gasteiger partial charge in [0.15, 0.2) is 0 Å². The van der Waals surface area contributed by atoms with Gasteiger partial charge in [-0.2, -0.15) is 0 Å². The molecule has 0 bridgehead atoms. The van der Waals surface area contributed by atoms with Gasteiger partial charge >= 0.3 is 6.09 Å². The normalized spacial score (nSPS) is 14.8. The Balaban J connectivity index is 1.77. The lowest BCUT2D eigenvalue weighted by molar-refractivity contribution is 0.0600. The number of nitrogens with zero attached hydrogens (tertiary/aromatic N) is 4. The lowest BCUT2D eigenvalue weighted by atomic mass is 10.1. The third-order valence-electron chi connectivity index (χ3n) is 4.32. The van der Waals surface area contributed by atoms with E-state index >= 15 is 0 Å². The lowest BCUT2D eigenvalue weighted by Gasteiger charge is -2.33. The van der Waals surface area contributed by atoms with Crippen LogP contribution in [-0.2, 0) is 4.74 Å². The quantitative estimate of drug-likeness (QED) is 0.797. The van der Waals surface area contributed by atoms with Crippen molar-refractivity contribution in [2.24, 2.45) is 0 Å². The van der Waals surface area contributed by atoms with Crippen LogP contribution in [0.1, 0.15) is 21.7 Å². The molecule has 2 aromatic rings. The summed E-state index contributed by atoms with van der Waals surface area (Å²) in [5, 5.41) is 0. The Morgan fingerprint density at radius 3 is 2.17 bits per heavy atom. The molecule has 1 aliphatic heterocycles. The van der Waals surface area contributed by atoms with E-state index in [9.17, 15) is 9.59 Å². The van der Waals surface area contributed by atoms with E-state index in [0.717, 1.165) is 22.4 Å². The first-order valence-electron chi connectivity index (χ1n) is 7.87. The van der Waals surface area contributed by atoms with Gasteiger partial charge in [-0.15, -0.1) is 0 Å². The fourth-order valence-corrected chi connectivity index (χ4v) is 2.77. The number of rotatable bonds is 1. The summed E-state index contributed by atoms with van der Waals surface area (Å²) in [6.45, 7) is 5.76. The second-order valence-corrected chi connectivity index (χ2v) is 5.85. The Kier molecular flexibility index (Phi) is 4.33. The Hall–Kier alpha value is -2.70. The van der Waals surface area contributed by atoms with Crippen molar-refractivity contribution in [2.45, 2.75) is 13.8 Å². The minimum Gasteiger partial charge on any atom is -0.453 e. The summed E-state index contributed by atoms with van der Waals surface area (Å²) >= 11 is 0. The zero-order valence-corrected chi connectivity index (χ0v) is 14.1. The maximum absolute atomic E-state index is 12.7. The fourth-order valence-electron chi connectivity index (χ4n) is 2.77. The number of fused-ring (bicyclic) bond motifs is 1. The molecule has 1 saturated heterocycles. The number of piperazine rings is 1. The first kappa shape index (κ1) is 16.2. The Morgan fingerprint density at radius 2 is 1.54 bits per heavy atom. The molecule has 0 aliphatic carbocycles. The van der Waals surface area contributed by atoms with Gasteiger partial charge in [0.1, 0.15) is 0 Å². The van der Waals surface area contributed by atoms with Crippen LogP contribution in [0.2, 0.25) is 0 Å². The second-order valence-electron chi connectivity index (χ2n) is 5.85. The van der Waals surface area contributed by atoms with Gasteiger partial charge in [-0.3, -0.25) is 4.79 Å². The number of carbonyl (C=O) groups excluding carboxylic acids is 2. The van der Waals surface area contributed by atoms with Crippen molar-refractivity contribution >= 4 is 23.0 Å². The molecule has 0 spiro atoms. The summed E-state index contributed by atoms with van der Waals surface area (Å²) in [6.07, 6.45) is -0.353. The predicted octanol–water partition coefficient (Wildman–Crippen LogP) is 1.77. The van der Waals surface area contributed by atoms with Gasteiger partial charge in [0.25, 0.3) is 5.91 Å². The van der Waals surface area contributed by atoms with Crippen molar-refractivity contribution in [1.82, 2.24) is 19.8 Å². The van der Waals surface area contributed by atoms with E-state index < -0.39 is 0 Å². The highest BCUT2D eigenvalue weighted by Crippen LogP contribution is 2.16. The number of benzene rings is 1. The van der Waals surface area contributed by atoms with E-state index in [2.05, 4.69) is 9.97 Å². The molecule has 0 saturated carbocycles. The summed E-state index contributed by atoms with van der Waals surface area (Å²) < 4.78 is 4.71. The molecule has 7 nitrogen and oxygen atoms in total. The molecule has 0 unspecified atom stereocenters. The van der Waals surface area contributed by atoms with Crippen molar-refractivity contribution in [3.63, 3.8) is 0 Å². The van der Waals surface area contributed by atoms with Gasteiger partial charge in [-0.05, 0) is 32.0 Å². The van der Waals surface area contributed by atoms with Crippen molar-refractivity contribution in [2.75, 3.05) is 33.3 Å². The summed E-state index contributed by atoms with van der Waals surface area (Å²) in [4.78, 5) is 36.5. The highest BCUT2D eigenvalue weighted by Gasteiger charge is 2.25. The first-order chi connectivity index (χ1) is 11.5. The number of ether oxygens (including phenoxy) is 1. The van der Waals surface area contributed by atoms with E-state index in [0.29, 0.717) is 31.7 Å². The molecule has 1 aliphatic rings. The molecule has 2 amide bonds. The summed E-state index contributed by atoms with van der Waals surface area (Å²) in [6, 6.07) is 5.39. The molecular formula is C17H20N4O3. The molecule has 3 rings (SSSR count). The van der Waals surface area contributed by atoms with Gasteiger partial charge in [0, 0.05) is 31.7 Å². The van der Waals surface area contributed by atoms with Gasteiger partial charge in [0.05, 0.1) is 29.5 Å². The molecule has 1 aromatic carbocycles. The van der Waals surface area contributed by atoms with E-state index in [-0.39, 0.29) is 12.0 Å². The van der Waals surface area contributed by atoms with Gasteiger partial charge < -0.3 is 14.5 Å².